The van der Waals surface area contributed by atoms with E-state index in [1.165, 1.54) is 5.56 Å². The third kappa shape index (κ3) is 7.77. The zero-order valence-corrected chi connectivity index (χ0v) is 21.2. The summed E-state index contributed by atoms with van der Waals surface area (Å²) in [5, 5.41) is 7.43. The predicted octanol–water partition coefficient (Wildman–Crippen LogP) is 3.63. The van der Waals surface area contributed by atoms with E-state index in [-0.39, 0.29) is 35.9 Å². The highest BCUT2D eigenvalue weighted by atomic mass is 127. The lowest BCUT2D eigenvalue weighted by Crippen LogP contribution is -2.41. The van der Waals surface area contributed by atoms with Gasteiger partial charge >= 0.3 is 0 Å². The van der Waals surface area contributed by atoms with Crippen molar-refractivity contribution in [3.05, 3.63) is 70.2 Å². The van der Waals surface area contributed by atoms with Crippen molar-refractivity contribution in [2.24, 2.45) is 4.99 Å². The lowest BCUT2D eigenvalue weighted by Gasteiger charge is -2.26. The van der Waals surface area contributed by atoms with Gasteiger partial charge in [0.05, 0.1) is 6.04 Å². The van der Waals surface area contributed by atoms with Gasteiger partial charge in [-0.2, -0.15) is 0 Å². The molecule has 0 aromatic heterocycles. The van der Waals surface area contributed by atoms with E-state index < -0.39 is 0 Å². The summed E-state index contributed by atoms with van der Waals surface area (Å²) in [6.07, 6.45) is 0. The molecule has 30 heavy (non-hydrogen) atoms. The van der Waals surface area contributed by atoms with E-state index in [2.05, 4.69) is 20.5 Å². The van der Waals surface area contributed by atoms with Crippen LogP contribution in [0.5, 0.6) is 0 Å². The third-order valence-corrected chi connectivity index (χ3v) is 4.88. The molecule has 2 aromatic rings. The number of benzene rings is 2. The van der Waals surface area contributed by atoms with Gasteiger partial charge in [0.1, 0.15) is 0 Å². The summed E-state index contributed by atoms with van der Waals surface area (Å²) in [4.78, 5) is 20.0. The second-order valence-electron chi connectivity index (χ2n) is 7.23. The first-order valence-electron chi connectivity index (χ1n) is 9.48. The first-order chi connectivity index (χ1) is 13.8. The van der Waals surface area contributed by atoms with E-state index >= 15 is 0 Å². The van der Waals surface area contributed by atoms with Gasteiger partial charge < -0.3 is 20.4 Å². The van der Waals surface area contributed by atoms with Crippen molar-refractivity contribution >= 4 is 47.4 Å². The highest BCUT2D eigenvalue weighted by molar-refractivity contribution is 14.0. The quantitative estimate of drug-likeness (QED) is 0.318. The van der Waals surface area contributed by atoms with Crippen LogP contribution in [0.15, 0.2) is 53.5 Å². The fraction of sp³-hybridized carbons (Fsp3) is 0.364. The molecule has 0 radical (unpaired) electrons. The van der Waals surface area contributed by atoms with Gasteiger partial charge in [0.25, 0.3) is 5.91 Å². The Balaban J connectivity index is 0.00000450. The van der Waals surface area contributed by atoms with Gasteiger partial charge in [0.2, 0.25) is 0 Å². The number of carbonyl (C=O) groups is 1. The molecular weight excluding hydrogens is 513 g/mol. The third-order valence-electron chi connectivity index (χ3n) is 4.63. The van der Waals surface area contributed by atoms with Crippen LogP contribution in [0.2, 0.25) is 5.02 Å². The molecule has 8 heteroatoms. The van der Waals surface area contributed by atoms with Crippen molar-refractivity contribution < 1.29 is 4.79 Å². The fourth-order valence-corrected chi connectivity index (χ4v) is 3.03. The summed E-state index contributed by atoms with van der Waals surface area (Å²) in [6, 6.07) is 15.7. The Bertz CT molecular complexity index is 822. The molecule has 0 aliphatic rings. The molecule has 0 fully saturated rings. The van der Waals surface area contributed by atoms with Gasteiger partial charge in [-0.05, 0) is 49.5 Å². The van der Waals surface area contributed by atoms with Crippen LogP contribution in [0.3, 0.4) is 0 Å². The molecule has 1 unspecified atom stereocenters. The van der Waals surface area contributed by atoms with Gasteiger partial charge in [-0.3, -0.25) is 9.79 Å². The van der Waals surface area contributed by atoms with Crippen LogP contribution in [0.4, 0.5) is 0 Å². The molecule has 2 aromatic carbocycles. The van der Waals surface area contributed by atoms with Crippen molar-refractivity contribution in [1.29, 1.82) is 0 Å². The summed E-state index contributed by atoms with van der Waals surface area (Å²) in [5.74, 6) is 0.721. The number of aliphatic imine (C=N–C) groups is 1. The van der Waals surface area contributed by atoms with Crippen molar-refractivity contribution in [2.75, 3.05) is 41.8 Å². The van der Waals surface area contributed by atoms with Gasteiger partial charge in [0, 0.05) is 44.8 Å². The topological polar surface area (TPSA) is 60.0 Å². The van der Waals surface area contributed by atoms with Gasteiger partial charge in [-0.15, -0.1) is 24.0 Å². The summed E-state index contributed by atoms with van der Waals surface area (Å²) in [5.41, 5.74) is 2.94. The Morgan fingerprint density at radius 3 is 2.10 bits per heavy atom. The number of likely N-dealkylation sites (N-methyl/N-ethyl adjacent to an activating group) is 1. The summed E-state index contributed by atoms with van der Waals surface area (Å²) >= 11 is 6.01. The highest BCUT2D eigenvalue weighted by Gasteiger charge is 2.14. The number of hydrogen-bond acceptors (Lipinski definition) is 3. The predicted molar refractivity (Wildman–Crippen MR) is 136 cm³/mol. The lowest BCUT2D eigenvalue weighted by atomic mass is 10.1. The zero-order chi connectivity index (χ0) is 21.4. The minimum absolute atomic E-state index is 0. The Labute approximate surface area is 201 Å². The molecule has 164 valence electrons. The summed E-state index contributed by atoms with van der Waals surface area (Å²) < 4.78 is 0. The van der Waals surface area contributed by atoms with Crippen LogP contribution in [0.25, 0.3) is 0 Å². The van der Waals surface area contributed by atoms with E-state index in [0.717, 1.165) is 16.5 Å². The summed E-state index contributed by atoms with van der Waals surface area (Å²) in [7, 11) is 9.35. The normalized spacial score (nSPS) is 12.2. The van der Waals surface area contributed by atoms with Crippen LogP contribution >= 0.6 is 35.6 Å². The number of carbonyl (C=O) groups excluding carboxylic acids is 1. The van der Waals surface area contributed by atoms with E-state index in [1.807, 2.05) is 62.6 Å². The van der Waals surface area contributed by atoms with E-state index in [4.69, 9.17) is 11.6 Å². The average molecular weight is 544 g/mol. The molecule has 0 spiro atoms. The number of guanidine groups is 1. The number of nitrogens with zero attached hydrogens (tertiary/aromatic N) is 3. The lowest BCUT2D eigenvalue weighted by molar-refractivity contribution is 0.0827. The van der Waals surface area contributed by atoms with Crippen molar-refractivity contribution in [3.63, 3.8) is 0 Å². The van der Waals surface area contributed by atoms with E-state index in [0.29, 0.717) is 18.7 Å². The smallest absolute Gasteiger partial charge is 0.253 e. The van der Waals surface area contributed by atoms with E-state index in [1.54, 1.807) is 26.0 Å². The second-order valence-corrected chi connectivity index (χ2v) is 7.67. The molecule has 6 nitrogen and oxygen atoms in total. The Hall–Kier alpha value is -1.84. The molecule has 2 rings (SSSR count). The van der Waals surface area contributed by atoms with E-state index in [9.17, 15) is 4.79 Å². The summed E-state index contributed by atoms with van der Waals surface area (Å²) in [6.45, 7) is 1.31. The zero-order valence-electron chi connectivity index (χ0n) is 18.1. The fourth-order valence-electron chi connectivity index (χ4n) is 2.91. The highest BCUT2D eigenvalue weighted by Crippen LogP contribution is 2.19. The number of halogens is 2. The molecule has 0 saturated heterocycles. The van der Waals surface area contributed by atoms with Gasteiger partial charge in [-0.25, -0.2) is 0 Å². The maximum Gasteiger partial charge on any atom is 0.253 e. The Morgan fingerprint density at radius 1 is 1.00 bits per heavy atom. The number of amides is 1. The first-order valence-corrected chi connectivity index (χ1v) is 9.86. The first kappa shape index (κ1) is 26.2. The Kier molecular flexibility index (Phi) is 11.1. The minimum Gasteiger partial charge on any atom is -0.354 e. The SMILES string of the molecule is CN=C(NCc1ccc(C(=O)N(C)C)cc1)NCC(c1ccc(Cl)cc1)N(C)C.I. The number of rotatable bonds is 7. The average Bonchev–Trinajstić information content (AvgIpc) is 2.71. The van der Waals surface area contributed by atoms with Crippen molar-refractivity contribution in [1.82, 2.24) is 20.4 Å². The largest absolute Gasteiger partial charge is 0.354 e. The van der Waals surface area contributed by atoms with Crippen LogP contribution < -0.4 is 10.6 Å². The van der Waals surface area contributed by atoms with Gasteiger partial charge in [-0.1, -0.05) is 35.9 Å². The van der Waals surface area contributed by atoms with Crippen LogP contribution in [-0.4, -0.2) is 63.4 Å². The number of hydrogen-bond donors (Lipinski definition) is 2. The monoisotopic (exact) mass is 543 g/mol. The van der Waals surface area contributed by atoms with Crippen LogP contribution in [0.1, 0.15) is 27.5 Å². The molecule has 2 N–H and O–H groups in total. The molecule has 0 aliphatic heterocycles. The van der Waals surface area contributed by atoms with Crippen molar-refractivity contribution in [3.8, 4) is 0 Å². The second kappa shape index (κ2) is 12.8. The molecule has 0 bridgehead atoms. The standard InChI is InChI=1S/C22H30ClN5O.HI/c1-24-22(25-14-16-6-8-18(9-7-16)21(29)28(4)5)26-15-20(27(2)3)17-10-12-19(23)13-11-17;/h6-13,20H,14-15H2,1-5H3,(H2,24,25,26);1H. The molecule has 0 heterocycles. The Morgan fingerprint density at radius 2 is 1.60 bits per heavy atom. The van der Waals surface area contributed by atoms with Crippen molar-refractivity contribution in [2.45, 2.75) is 12.6 Å². The van der Waals surface area contributed by atoms with Crippen LogP contribution in [0, 0.1) is 0 Å². The maximum atomic E-state index is 12.0. The van der Waals surface area contributed by atoms with Crippen LogP contribution in [-0.2, 0) is 6.54 Å². The number of nitrogens with one attached hydrogen (secondary N) is 2. The maximum absolute atomic E-state index is 12.0. The minimum atomic E-state index is -0.00101. The molecule has 1 atom stereocenters. The molecule has 0 saturated carbocycles. The molecular formula is C22H31ClIN5O. The molecule has 0 aliphatic carbocycles. The molecule has 1 amide bonds. The van der Waals surface area contributed by atoms with Gasteiger partial charge in [0.15, 0.2) is 5.96 Å².